The minimum atomic E-state index is -0.261. The van der Waals surface area contributed by atoms with Crippen LogP contribution in [0.4, 0.5) is 0 Å². The van der Waals surface area contributed by atoms with Gasteiger partial charge in [-0.15, -0.1) is 0 Å². The second kappa shape index (κ2) is 27.7. The van der Waals surface area contributed by atoms with Crippen molar-refractivity contribution in [1.82, 2.24) is 0 Å². The molecular formula is C30H56O4. The number of esters is 2. The van der Waals surface area contributed by atoms with Gasteiger partial charge in [0.25, 0.3) is 0 Å². The highest BCUT2D eigenvalue weighted by atomic mass is 16.5. The van der Waals surface area contributed by atoms with E-state index >= 15 is 0 Å². The van der Waals surface area contributed by atoms with Crippen molar-refractivity contribution >= 4 is 11.9 Å². The van der Waals surface area contributed by atoms with Gasteiger partial charge in [-0.2, -0.15) is 0 Å². The zero-order valence-electron chi connectivity index (χ0n) is 23.2. The SMILES string of the molecule is C=C(C)C(=O)OCCCCCCCCCC.C=C(CCCCCCCCCCCC)C(=O)OC. The quantitative estimate of drug-likeness (QED) is 0.0880. The Bertz CT molecular complexity index is 510. The molecule has 4 heteroatoms. The van der Waals surface area contributed by atoms with Crippen molar-refractivity contribution in [1.29, 1.82) is 0 Å². The van der Waals surface area contributed by atoms with Crippen LogP contribution >= 0.6 is 0 Å². The number of carbonyl (C=O) groups is 2. The maximum Gasteiger partial charge on any atom is 0.333 e. The highest BCUT2D eigenvalue weighted by Crippen LogP contribution is 2.13. The summed E-state index contributed by atoms with van der Waals surface area (Å²) < 4.78 is 9.63. The first kappa shape index (κ1) is 34.6. The highest BCUT2D eigenvalue weighted by molar-refractivity contribution is 5.87. The number of carbonyl (C=O) groups excluding carboxylic acids is 2. The summed E-state index contributed by atoms with van der Waals surface area (Å²) in [5, 5.41) is 0. The molecule has 0 aromatic carbocycles. The lowest BCUT2D eigenvalue weighted by molar-refractivity contribution is -0.139. The van der Waals surface area contributed by atoms with Gasteiger partial charge in [0, 0.05) is 11.1 Å². The average molecular weight is 481 g/mol. The van der Waals surface area contributed by atoms with Crippen LogP contribution in [0.25, 0.3) is 0 Å². The second-order valence-electron chi connectivity index (χ2n) is 9.42. The minimum Gasteiger partial charge on any atom is -0.466 e. The van der Waals surface area contributed by atoms with Gasteiger partial charge in [0.05, 0.1) is 13.7 Å². The van der Waals surface area contributed by atoms with Gasteiger partial charge in [0.15, 0.2) is 0 Å². The van der Waals surface area contributed by atoms with Crippen LogP contribution in [-0.2, 0) is 19.1 Å². The van der Waals surface area contributed by atoms with Gasteiger partial charge < -0.3 is 9.47 Å². The number of unbranched alkanes of at least 4 members (excludes halogenated alkanes) is 16. The van der Waals surface area contributed by atoms with Crippen molar-refractivity contribution in [2.75, 3.05) is 13.7 Å². The van der Waals surface area contributed by atoms with E-state index < -0.39 is 0 Å². The molecule has 0 aliphatic carbocycles. The predicted molar refractivity (Wildman–Crippen MR) is 146 cm³/mol. The third-order valence-corrected chi connectivity index (χ3v) is 5.89. The van der Waals surface area contributed by atoms with Crippen LogP contribution < -0.4 is 0 Å². The summed E-state index contributed by atoms with van der Waals surface area (Å²) in [7, 11) is 1.41. The molecule has 0 saturated carbocycles. The topological polar surface area (TPSA) is 52.6 Å². The summed E-state index contributed by atoms with van der Waals surface area (Å²) in [4.78, 5) is 22.1. The monoisotopic (exact) mass is 480 g/mol. The van der Waals surface area contributed by atoms with E-state index in [0.29, 0.717) is 17.8 Å². The van der Waals surface area contributed by atoms with Crippen LogP contribution in [-0.4, -0.2) is 25.7 Å². The molecule has 34 heavy (non-hydrogen) atoms. The molecule has 0 bridgehead atoms. The summed E-state index contributed by atoms with van der Waals surface area (Å²) in [5.74, 6) is -0.520. The summed E-state index contributed by atoms with van der Waals surface area (Å²) >= 11 is 0. The number of ether oxygens (including phenoxy) is 2. The zero-order chi connectivity index (χ0) is 25.9. The van der Waals surface area contributed by atoms with E-state index in [9.17, 15) is 9.59 Å². The maximum atomic E-state index is 11.1. The molecule has 0 heterocycles. The number of methoxy groups -OCH3 is 1. The first-order chi connectivity index (χ1) is 16.4. The first-order valence-electron chi connectivity index (χ1n) is 14.0. The van der Waals surface area contributed by atoms with Crippen LogP contribution in [0.5, 0.6) is 0 Å². The van der Waals surface area contributed by atoms with Gasteiger partial charge in [-0.3, -0.25) is 0 Å². The van der Waals surface area contributed by atoms with Gasteiger partial charge in [-0.1, -0.05) is 130 Å². The Labute approximate surface area is 211 Å². The molecule has 200 valence electrons. The summed E-state index contributed by atoms with van der Waals surface area (Å²) in [6.45, 7) is 14.0. The third kappa shape index (κ3) is 26.7. The van der Waals surface area contributed by atoms with Crippen molar-refractivity contribution < 1.29 is 19.1 Å². The molecule has 0 aromatic heterocycles. The molecule has 0 atom stereocenters. The van der Waals surface area contributed by atoms with Gasteiger partial charge in [0.2, 0.25) is 0 Å². The molecule has 0 aliphatic heterocycles. The van der Waals surface area contributed by atoms with Crippen molar-refractivity contribution in [2.45, 2.75) is 143 Å². The fourth-order valence-electron chi connectivity index (χ4n) is 3.60. The second-order valence-corrected chi connectivity index (χ2v) is 9.42. The molecule has 0 spiro atoms. The van der Waals surface area contributed by atoms with E-state index in [4.69, 9.17) is 4.74 Å². The van der Waals surface area contributed by atoms with Gasteiger partial charge >= 0.3 is 11.9 Å². The number of hydrogen-bond donors (Lipinski definition) is 0. The molecule has 4 nitrogen and oxygen atoms in total. The lowest BCUT2D eigenvalue weighted by atomic mass is 10.0. The fraction of sp³-hybridized carbons (Fsp3) is 0.800. The van der Waals surface area contributed by atoms with Crippen molar-refractivity contribution in [3.8, 4) is 0 Å². The lowest BCUT2D eigenvalue weighted by Crippen LogP contribution is -2.05. The van der Waals surface area contributed by atoms with Crippen LogP contribution in [0.15, 0.2) is 24.3 Å². The Balaban J connectivity index is 0. The molecule has 0 unspecified atom stereocenters. The predicted octanol–water partition coefficient (Wildman–Crippen LogP) is 9.27. The standard InChI is InChI=1S/C16H30O2.C14H26O2/c1-4-5-6-7-8-9-10-11-12-13-14-15(2)16(17)18-3;1-4-5-6-7-8-9-10-11-12-16-14(15)13(2)3/h2,4-14H2,1,3H3;2,4-12H2,1,3H3. The Morgan fingerprint density at radius 1 is 0.588 bits per heavy atom. The average Bonchev–Trinajstić information content (AvgIpc) is 2.83. The number of hydrogen-bond acceptors (Lipinski definition) is 4. The minimum absolute atomic E-state index is 0.258. The van der Waals surface area contributed by atoms with Gasteiger partial charge in [-0.05, 0) is 26.2 Å². The van der Waals surface area contributed by atoms with E-state index in [1.165, 1.54) is 103 Å². The maximum absolute atomic E-state index is 11.1. The van der Waals surface area contributed by atoms with Gasteiger partial charge in [0.1, 0.15) is 0 Å². The van der Waals surface area contributed by atoms with Crippen LogP contribution in [0.3, 0.4) is 0 Å². The Hall–Kier alpha value is -1.58. The summed E-state index contributed by atoms with van der Waals surface area (Å²) in [6, 6.07) is 0. The molecule has 0 aliphatic rings. The third-order valence-electron chi connectivity index (χ3n) is 5.89. The molecule has 0 radical (unpaired) electrons. The van der Waals surface area contributed by atoms with Crippen LogP contribution in [0.1, 0.15) is 143 Å². The molecule has 0 fully saturated rings. The molecule has 0 saturated heterocycles. The lowest BCUT2D eigenvalue weighted by Gasteiger charge is -2.04. The molecular weight excluding hydrogens is 424 g/mol. The Morgan fingerprint density at radius 3 is 1.35 bits per heavy atom. The zero-order valence-corrected chi connectivity index (χ0v) is 23.2. The van der Waals surface area contributed by atoms with Crippen molar-refractivity contribution in [2.24, 2.45) is 0 Å². The van der Waals surface area contributed by atoms with Crippen molar-refractivity contribution in [3.05, 3.63) is 24.3 Å². The highest BCUT2D eigenvalue weighted by Gasteiger charge is 2.05. The van der Waals surface area contributed by atoms with E-state index in [1.807, 2.05) is 0 Å². The normalized spacial score (nSPS) is 10.2. The molecule has 0 rings (SSSR count). The number of rotatable bonds is 22. The van der Waals surface area contributed by atoms with E-state index in [-0.39, 0.29) is 11.9 Å². The van der Waals surface area contributed by atoms with Crippen LogP contribution in [0.2, 0.25) is 0 Å². The summed E-state index contributed by atoms with van der Waals surface area (Å²) in [6.07, 6.45) is 24.0. The van der Waals surface area contributed by atoms with E-state index in [2.05, 4.69) is 31.7 Å². The first-order valence-corrected chi connectivity index (χ1v) is 14.0. The summed E-state index contributed by atoms with van der Waals surface area (Å²) in [5.41, 5.74) is 1.09. The Morgan fingerprint density at radius 2 is 0.971 bits per heavy atom. The fourth-order valence-corrected chi connectivity index (χ4v) is 3.60. The molecule has 0 amide bonds. The van der Waals surface area contributed by atoms with Crippen LogP contribution in [0, 0.1) is 0 Å². The largest absolute Gasteiger partial charge is 0.466 e. The van der Waals surface area contributed by atoms with E-state index in [1.54, 1.807) is 6.92 Å². The van der Waals surface area contributed by atoms with Crippen molar-refractivity contribution in [3.63, 3.8) is 0 Å². The van der Waals surface area contributed by atoms with Gasteiger partial charge in [-0.25, -0.2) is 9.59 Å². The Kier molecular flexibility index (Phi) is 28.1. The smallest absolute Gasteiger partial charge is 0.333 e. The van der Waals surface area contributed by atoms with E-state index in [0.717, 1.165) is 25.7 Å². The molecule has 0 N–H and O–H groups in total. The molecule has 0 aromatic rings.